The second-order valence-electron chi connectivity index (χ2n) is 8.32. The van der Waals surface area contributed by atoms with Crippen molar-refractivity contribution in [3.8, 4) is 0 Å². The second kappa shape index (κ2) is 17.3. The van der Waals surface area contributed by atoms with Gasteiger partial charge in [-0.25, -0.2) is 4.79 Å². The van der Waals surface area contributed by atoms with Crippen LogP contribution < -0.4 is 5.32 Å². The van der Waals surface area contributed by atoms with E-state index in [0.29, 0.717) is 6.47 Å². The highest BCUT2D eigenvalue weighted by Gasteiger charge is 2.16. The van der Waals surface area contributed by atoms with Crippen LogP contribution in [0.5, 0.6) is 0 Å². The van der Waals surface area contributed by atoms with E-state index in [0.717, 1.165) is 5.92 Å². The average Bonchev–Trinajstić information content (AvgIpc) is 2.54. The number of carboxylic acid groups (broad SMARTS) is 1. The number of rotatable bonds is 3. The summed E-state index contributed by atoms with van der Waals surface area (Å²) >= 11 is 0. The highest BCUT2D eigenvalue weighted by Crippen LogP contribution is 2.22. The molecular weight excluding hydrogens is 362 g/mol. The summed E-state index contributed by atoms with van der Waals surface area (Å²) in [5.41, 5.74) is -0.912. The van der Waals surface area contributed by atoms with Gasteiger partial charge >= 0.3 is 12.1 Å². The molecule has 7 heteroatoms. The lowest BCUT2D eigenvalue weighted by Crippen LogP contribution is -2.35. The van der Waals surface area contributed by atoms with Crippen LogP contribution in [0.1, 0.15) is 94.4 Å². The Morgan fingerprint density at radius 2 is 1.46 bits per heavy atom. The molecule has 168 valence electrons. The monoisotopic (exact) mass is 405 g/mol. The summed E-state index contributed by atoms with van der Waals surface area (Å²) in [6.07, 6.45) is 6.72. The molecule has 0 radical (unpaired) electrons. The van der Waals surface area contributed by atoms with Crippen molar-refractivity contribution in [1.29, 1.82) is 0 Å². The lowest BCUT2D eigenvalue weighted by Gasteiger charge is -2.19. The first-order valence-electron chi connectivity index (χ1n) is 10.1. The van der Waals surface area contributed by atoms with Crippen LogP contribution in [-0.4, -0.2) is 41.4 Å². The van der Waals surface area contributed by atoms with Gasteiger partial charge in [-0.3, -0.25) is 9.59 Å². The molecule has 0 spiro atoms. The topological polar surface area (TPSA) is 102 Å². The van der Waals surface area contributed by atoms with Crippen molar-refractivity contribution in [3.63, 3.8) is 0 Å². The van der Waals surface area contributed by atoms with E-state index in [1.807, 2.05) is 34.6 Å². The third-order valence-electron chi connectivity index (χ3n) is 3.08. The summed E-state index contributed by atoms with van der Waals surface area (Å²) in [6.45, 7) is 17.0. The molecule has 1 amide bonds. The lowest BCUT2D eigenvalue weighted by atomic mass is 9.91. The van der Waals surface area contributed by atoms with Crippen molar-refractivity contribution in [1.82, 2.24) is 5.32 Å². The molecule has 0 heterocycles. The highest BCUT2D eigenvalue weighted by atomic mass is 16.6. The Hall–Kier alpha value is -1.79. The van der Waals surface area contributed by atoms with Crippen LogP contribution in [0.2, 0.25) is 0 Å². The Morgan fingerprint density at radius 1 is 1.00 bits per heavy atom. The van der Waals surface area contributed by atoms with E-state index in [-0.39, 0.29) is 5.60 Å². The molecule has 7 nitrogen and oxygen atoms in total. The van der Waals surface area contributed by atoms with E-state index in [9.17, 15) is 14.4 Å². The molecule has 2 N–H and O–H groups in total. The molecule has 0 atom stereocenters. The number of carbonyl (C=O) groups excluding carboxylic acids is 2. The van der Waals surface area contributed by atoms with Gasteiger partial charge in [0.25, 0.3) is 6.47 Å². The summed E-state index contributed by atoms with van der Waals surface area (Å²) in [7, 11) is 0. The van der Waals surface area contributed by atoms with Gasteiger partial charge in [0, 0.05) is 0 Å². The smallest absolute Gasteiger partial charge is 0.408 e. The molecule has 1 aliphatic carbocycles. The van der Waals surface area contributed by atoms with Crippen LogP contribution in [0, 0.1) is 5.92 Å². The van der Waals surface area contributed by atoms with Crippen LogP contribution in [0.25, 0.3) is 0 Å². The van der Waals surface area contributed by atoms with E-state index in [2.05, 4.69) is 17.0 Å². The fourth-order valence-electron chi connectivity index (χ4n) is 1.91. The van der Waals surface area contributed by atoms with Gasteiger partial charge in [0.2, 0.25) is 0 Å². The first-order chi connectivity index (χ1) is 12.8. The van der Waals surface area contributed by atoms with Crippen LogP contribution in [0.3, 0.4) is 0 Å². The normalized spacial score (nSPS) is 13.8. The summed E-state index contributed by atoms with van der Waals surface area (Å²) in [6, 6.07) is 0. The van der Waals surface area contributed by atoms with Gasteiger partial charge in [0.15, 0.2) is 0 Å². The molecule has 0 aromatic rings. The predicted molar refractivity (Wildman–Crippen MR) is 112 cm³/mol. The molecule has 1 fully saturated rings. The Morgan fingerprint density at radius 3 is 1.68 bits per heavy atom. The molecule has 0 bridgehead atoms. The molecule has 0 aromatic carbocycles. The molecular formula is C21H43NO6. The van der Waals surface area contributed by atoms with Crippen molar-refractivity contribution in [3.05, 3.63) is 0 Å². The predicted octanol–water partition coefficient (Wildman–Crippen LogP) is 5.17. The minimum Gasteiger partial charge on any atom is -0.480 e. The minimum atomic E-state index is -1.10. The number of amides is 1. The quantitative estimate of drug-likeness (QED) is 0.628. The third-order valence-corrected chi connectivity index (χ3v) is 3.08. The maximum Gasteiger partial charge on any atom is 0.408 e. The Balaban J connectivity index is -0.000000336. The Kier molecular flexibility index (Phi) is 19.1. The van der Waals surface area contributed by atoms with Crippen LogP contribution in [0.15, 0.2) is 0 Å². The van der Waals surface area contributed by atoms with E-state index < -0.39 is 24.2 Å². The standard InChI is InChI=1S/C7H13NO4.C7H14.C5H10O2.C2H6/c1-7(2,3)12-6(11)8-4-5(9)10;1-7-5-3-2-4-6-7;1-5(2,3)7-4-6;1-2/h4H2,1-3H3,(H,8,11)(H,9,10);7H,2-6H2,1H3;4H,1-3H3;1-2H3. The highest BCUT2D eigenvalue weighted by molar-refractivity contribution is 5.76. The molecule has 1 aliphatic rings. The second-order valence-corrected chi connectivity index (χ2v) is 8.32. The lowest BCUT2D eigenvalue weighted by molar-refractivity contribution is -0.139. The first-order valence-corrected chi connectivity index (χ1v) is 10.1. The van der Waals surface area contributed by atoms with E-state index in [1.165, 1.54) is 32.1 Å². The van der Waals surface area contributed by atoms with E-state index in [1.54, 1.807) is 20.8 Å². The van der Waals surface area contributed by atoms with E-state index >= 15 is 0 Å². The van der Waals surface area contributed by atoms with Crippen LogP contribution >= 0.6 is 0 Å². The zero-order chi connectivity index (χ0) is 22.8. The third kappa shape index (κ3) is 31.9. The first kappa shape index (κ1) is 30.9. The zero-order valence-corrected chi connectivity index (χ0v) is 19.4. The summed E-state index contributed by atoms with van der Waals surface area (Å²) in [5.74, 6) is -0.0605. The van der Waals surface area contributed by atoms with Crippen molar-refractivity contribution < 1.29 is 29.0 Å². The van der Waals surface area contributed by atoms with Gasteiger partial charge < -0.3 is 19.9 Å². The number of aliphatic carboxylic acids is 1. The van der Waals surface area contributed by atoms with Gasteiger partial charge in [-0.15, -0.1) is 0 Å². The van der Waals surface area contributed by atoms with Crippen LogP contribution in [-0.2, 0) is 19.1 Å². The van der Waals surface area contributed by atoms with Crippen molar-refractivity contribution in [2.75, 3.05) is 6.54 Å². The Bertz CT molecular complexity index is 404. The number of ether oxygens (including phenoxy) is 2. The number of hydrogen-bond acceptors (Lipinski definition) is 5. The molecule has 0 aliphatic heterocycles. The molecule has 0 unspecified atom stereocenters. The van der Waals surface area contributed by atoms with E-state index in [4.69, 9.17) is 9.84 Å². The van der Waals surface area contributed by atoms with Gasteiger partial charge in [0.05, 0.1) is 0 Å². The summed E-state index contributed by atoms with van der Waals surface area (Å²) < 4.78 is 9.32. The Labute approximate surface area is 171 Å². The number of hydrogen-bond donors (Lipinski definition) is 2. The number of nitrogens with one attached hydrogen (secondary N) is 1. The zero-order valence-electron chi connectivity index (χ0n) is 19.4. The van der Waals surface area contributed by atoms with Gasteiger partial charge in [-0.05, 0) is 47.5 Å². The largest absolute Gasteiger partial charge is 0.480 e. The molecule has 1 saturated carbocycles. The van der Waals surface area contributed by atoms with Crippen molar-refractivity contribution in [2.45, 2.75) is 106 Å². The molecule has 0 aromatic heterocycles. The maximum absolute atomic E-state index is 10.8. The van der Waals surface area contributed by atoms with Gasteiger partial charge in [-0.1, -0.05) is 52.9 Å². The molecule has 28 heavy (non-hydrogen) atoms. The fraction of sp³-hybridized carbons (Fsp3) is 0.857. The SMILES string of the molecule is CC.CC(C)(C)OC(=O)NCC(=O)O.CC(C)(C)OC=O.CC1CCCCC1. The van der Waals surface area contributed by atoms with Crippen LogP contribution in [0.4, 0.5) is 4.79 Å². The summed E-state index contributed by atoms with van der Waals surface area (Å²) in [5, 5.41) is 10.3. The van der Waals surface area contributed by atoms with Gasteiger partial charge in [-0.2, -0.15) is 0 Å². The van der Waals surface area contributed by atoms with Crippen molar-refractivity contribution >= 4 is 18.5 Å². The minimum absolute atomic E-state index is 0.318. The average molecular weight is 406 g/mol. The number of alkyl carbamates (subject to hydrolysis) is 1. The molecule has 0 saturated heterocycles. The fourth-order valence-corrected chi connectivity index (χ4v) is 1.91. The number of carbonyl (C=O) groups is 3. The number of carboxylic acids is 1. The summed E-state index contributed by atoms with van der Waals surface area (Å²) in [4.78, 5) is 30.4. The maximum atomic E-state index is 10.8. The van der Waals surface area contributed by atoms with Gasteiger partial charge in [0.1, 0.15) is 17.7 Å². The van der Waals surface area contributed by atoms with Crippen molar-refractivity contribution in [2.24, 2.45) is 5.92 Å². The molecule has 1 rings (SSSR count).